The molecule has 0 aliphatic carbocycles. The molecule has 0 radical (unpaired) electrons. The number of aromatic nitrogens is 2. The van der Waals surface area contributed by atoms with Crippen LogP contribution in [0.25, 0.3) is 11.4 Å². The Bertz CT molecular complexity index is 997. The maximum Gasteiger partial charge on any atom is 0.251 e. The zero-order valence-corrected chi connectivity index (χ0v) is 15.3. The van der Waals surface area contributed by atoms with Crippen LogP contribution in [0.2, 0.25) is 0 Å². The summed E-state index contributed by atoms with van der Waals surface area (Å²) >= 11 is 0. The molecule has 1 aliphatic heterocycles. The standard InChI is InChI=1S/C22H22FN3O/c1-15-13-21(27)25-22(24-15)19-6-3-2-5-17(19)14-26-12-4-7-20(26)16-8-10-18(23)11-9-16/h2-3,5-6,8-11,13,20H,4,7,12,14H2,1H3,(H,24,25,27). The van der Waals surface area contributed by atoms with Crippen molar-refractivity contribution in [2.45, 2.75) is 32.4 Å². The van der Waals surface area contributed by atoms with Gasteiger partial charge in [0.2, 0.25) is 0 Å². The summed E-state index contributed by atoms with van der Waals surface area (Å²) in [4.78, 5) is 21.6. The van der Waals surface area contributed by atoms with Crippen LogP contribution in [0.1, 0.15) is 35.7 Å². The molecule has 3 aromatic rings. The first-order valence-electron chi connectivity index (χ1n) is 9.26. The van der Waals surface area contributed by atoms with Crippen molar-refractivity contribution in [1.82, 2.24) is 14.9 Å². The van der Waals surface area contributed by atoms with Gasteiger partial charge >= 0.3 is 0 Å². The fourth-order valence-corrected chi connectivity index (χ4v) is 3.89. The number of nitrogens with zero attached hydrogens (tertiary/aromatic N) is 2. The van der Waals surface area contributed by atoms with Gasteiger partial charge in [-0.05, 0) is 49.6 Å². The first-order valence-corrected chi connectivity index (χ1v) is 9.26. The largest absolute Gasteiger partial charge is 0.307 e. The quantitative estimate of drug-likeness (QED) is 0.755. The maximum absolute atomic E-state index is 13.3. The van der Waals surface area contributed by atoms with E-state index < -0.39 is 0 Å². The number of benzene rings is 2. The van der Waals surface area contributed by atoms with Gasteiger partial charge in [0, 0.05) is 29.9 Å². The normalized spacial score (nSPS) is 17.3. The van der Waals surface area contributed by atoms with Gasteiger partial charge in [0.15, 0.2) is 0 Å². The first kappa shape index (κ1) is 17.6. The summed E-state index contributed by atoms with van der Waals surface area (Å²) in [5.74, 6) is 0.399. The summed E-state index contributed by atoms with van der Waals surface area (Å²) in [6, 6.07) is 16.6. The van der Waals surface area contributed by atoms with Crippen molar-refractivity contribution in [2.75, 3.05) is 6.54 Å². The predicted molar refractivity (Wildman–Crippen MR) is 104 cm³/mol. The van der Waals surface area contributed by atoms with Crippen LogP contribution in [0, 0.1) is 12.7 Å². The van der Waals surface area contributed by atoms with E-state index in [1.807, 2.05) is 37.3 Å². The molecule has 1 atom stereocenters. The molecule has 1 fully saturated rings. The fourth-order valence-electron chi connectivity index (χ4n) is 3.89. The van der Waals surface area contributed by atoms with Crippen molar-refractivity contribution in [1.29, 1.82) is 0 Å². The summed E-state index contributed by atoms with van der Waals surface area (Å²) in [6.45, 7) is 3.58. The van der Waals surface area contributed by atoms with Crippen molar-refractivity contribution in [3.05, 3.63) is 87.6 Å². The molecule has 2 aromatic carbocycles. The number of likely N-dealkylation sites (tertiary alicyclic amines) is 1. The van der Waals surface area contributed by atoms with Crippen molar-refractivity contribution in [3.8, 4) is 11.4 Å². The van der Waals surface area contributed by atoms with Gasteiger partial charge in [0.25, 0.3) is 5.56 Å². The Morgan fingerprint density at radius 3 is 2.74 bits per heavy atom. The molecule has 1 saturated heterocycles. The summed E-state index contributed by atoms with van der Waals surface area (Å²) in [7, 11) is 0. The molecule has 138 valence electrons. The molecule has 1 aliphatic rings. The minimum atomic E-state index is -0.205. The van der Waals surface area contributed by atoms with Crippen molar-refractivity contribution in [2.24, 2.45) is 0 Å². The van der Waals surface area contributed by atoms with Crippen LogP contribution in [0.3, 0.4) is 0 Å². The lowest BCUT2D eigenvalue weighted by Gasteiger charge is -2.26. The Balaban J connectivity index is 1.64. The lowest BCUT2D eigenvalue weighted by Crippen LogP contribution is -2.23. The van der Waals surface area contributed by atoms with Gasteiger partial charge in [0.1, 0.15) is 11.6 Å². The molecule has 4 nitrogen and oxygen atoms in total. The minimum Gasteiger partial charge on any atom is -0.307 e. The Kier molecular flexibility index (Phi) is 4.86. The SMILES string of the molecule is Cc1cc(=O)[nH]c(-c2ccccc2CN2CCCC2c2ccc(F)cc2)n1. The monoisotopic (exact) mass is 363 g/mol. The zero-order chi connectivity index (χ0) is 18.8. The van der Waals surface area contributed by atoms with Crippen LogP contribution in [0.5, 0.6) is 0 Å². The number of rotatable bonds is 4. The van der Waals surface area contributed by atoms with Gasteiger partial charge in [-0.25, -0.2) is 9.37 Å². The smallest absolute Gasteiger partial charge is 0.251 e. The highest BCUT2D eigenvalue weighted by molar-refractivity contribution is 5.60. The third kappa shape index (κ3) is 3.83. The fraction of sp³-hybridized carbons (Fsp3) is 0.273. The number of aryl methyl sites for hydroxylation is 1. The van der Waals surface area contributed by atoms with E-state index in [4.69, 9.17) is 0 Å². The molecule has 0 amide bonds. The summed E-state index contributed by atoms with van der Waals surface area (Å²) in [5.41, 5.74) is 3.78. The molecule has 4 rings (SSSR count). The van der Waals surface area contributed by atoms with Crippen LogP contribution in [-0.2, 0) is 6.54 Å². The first-order chi connectivity index (χ1) is 13.1. The molecule has 1 N–H and O–H groups in total. The van der Waals surface area contributed by atoms with E-state index >= 15 is 0 Å². The van der Waals surface area contributed by atoms with Crippen molar-refractivity contribution in [3.63, 3.8) is 0 Å². The molecule has 0 spiro atoms. The lowest BCUT2D eigenvalue weighted by molar-refractivity contribution is 0.248. The third-order valence-corrected chi connectivity index (χ3v) is 5.13. The molecule has 2 heterocycles. The average Bonchev–Trinajstić information content (AvgIpc) is 3.10. The van der Waals surface area contributed by atoms with Gasteiger partial charge in [-0.3, -0.25) is 9.69 Å². The highest BCUT2D eigenvalue weighted by Crippen LogP contribution is 2.34. The van der Waals surface area contributed by atoms with Crippen LogP contribution < -0.4 is 5.56 Å². The highest BCUT2D eigenvalue weighted by atomic mass is 19.1. The second kappa shape index (κ2) is 7.45. The molecule has 27 heavy (non-hydrogen) atoms. The van der Waals surface area contributed by atoms with Gasteiger partial charge < -0.3 is 4.98 Å². The van der Waals surface area contributed by atoms with Gasteiger partial charge in [-0.2, -0.15) is 0 Å². The number of H-pyrrole nitrogens is 1. The molecule has 1 aromatic heterocycles. The second-order valence-electron chi connectivity index (χ2n) is 7.07. The Labute approximate surface area is 157 Å². The van der Waals surface area contributed by atoms with Crippen LogP contribution in [0.15, 0.2) is 59.4 Å². The van der Waals surface area contributed by atoms with E-state index in [1.54, 1.807) is 0 Å². The number of hydrogen-bond donors (Lipinski definition) is 1. The van der Waals surface area contributed by atoms with Crippen LogP contribution in [-0.4, -0.2) is 21.4 Å². The predicted octanol–water partition coefficient (Wildman–Crippen LogP) is 4.22. The summed E-state index contributed by atoms with van der Waals surface area (Å²) in [6.07, 6.45) is 2.18. The van der Waals surface area contributed by atoms with Crippen molar-refractivity contribution < 1.29 is 4.39 Å². The molecular formula is C22H22FN3O. The molecule has 0 bridgehead atoms. The minimum absolute atomic E-state index is 0.141. The van der Waals surface area contributed by atoms with Crippen molar-refractivity contribution >= 4 is 0 Å². The topological polar surface area (TPSA) is 49.0 Å². The Hall–Kier alpha value is -2.79. The number of nitrogens with one attached hydrogen (secondary N) is 1. The molecular weight excluding hydrogens is 341 g/mol. The Morgan fingerprint density at radius 1 is 1.19 bits per heavy atom. The van der Waals surface area contributed by atoms with Gasteiger partial charge in [-0.1, -0.05) is 36.4 Å². The number of aromatic amines is 1. The van der Waals surface area contributed by atoms with Crippen LogP contribution >= 0.6 is 0 Å². The van der Waals surface area contributed by atoms with Gasteiger partial charge in [-0.15, -0.1) is 0 Å². The summed E-state index contributed by atoms with van der Waals surface area (Å²) < 4.78 is 13.3. The van der Waals surface area contributed by atoms with E-state index in [9.17, 15) is 9.18 Å². The molecule has 0 saturated carbocycles. The van der Waals surface area contributed by atoms with E-state index in [2.05, 4.69) is 20.9 Å². The van der Waals surface area contributed by atoms with E-state index in [0.717, 1.165) is 42.6 Å². The Morgan fingerprint density at radius 2 is 1.96 bits per heavy atom. The lowest BCUT2D eigenvalue weighted by atomic mass is 10.0. The second-order valence-corrected chi connectivity index (χ2v) is 7.07. The highest BCUT2D eigenvalue weighted by Gasteiger charge is 2.26. The van der Waals surface area contributed by atoms with E-state index in [0.29, 0.717) is 11.5 Å². The average molecular weight is 363 g/mol. The van der Waals surface area contributed by atoms with E-state index in [-0.39, 0.29) is 17.4 Å². The third-order valence-electron chi connectivity index (χ3n) is 5.13. The van der Waals surface area contributed by atoms with Crippen LogP contribution in [0.4, 0.5) is 4.39 Å². The number of hydrogen-bond acceptors (Lipinski definition) is 3. The summed E-state index contributed by atoms with van der Waals surface area (Å²) in [5, 5.41) is 0. The molecule has 1 unspecified atom stereocenters. The van der Waals surface area contributed by atoms with E-state index in [1.165, 1.54) is 18.2 Å². The van der Waals surface area contributed by atoms with Gasteiger partial charge in [0.05, 0.1) is 0 Å². The maximum atomic E-state index is 13.3. The number of halogens is 1. The molecule has 5 heteroatoms. The zero-order valence-electron chi connectivity index (χ0n) is 15.3.